The monoisotopic (exact) mass is 295 g/mol. The highest BCUT2D eigenvalue weighted by Gasteiger charge is 2.25. The number of thiazole rings is 1. The summed E-state index contributed by atoms with van der Waals surface area (Å²) in [7, 11) is 0. The van der Waals surface area contributed by atoms with E-state index in [0.29, 0.717) is 12.1 Å². The molecule has 0 spiro atoms. The van der Waals surface area contributed by atoms with Crippen LogP contribution in [0.15, 0.2) is 6.20 Å². The maximum Gasteiger partial charge on any atom is 0.109 e. The van der Waals surface area contributed by atoms with E-state index in [-0.39, 0.29) is 0 Å². The molecule has 0 aromatic carbocycles. The molecule has 0 saturated carbocycles. The number of aryl methyl sites for hydroxylation is 1. The van der Waals surface area contributed by atoms with Crippen LogP contribution >= 0.6 is 11.3 Å². The van der Waals surface area contributed by atoms with Gasteiger partial charge in [-0.3, -0.25) is 0 Å². The summed E-state index contributed by atoms with van der Waals surface area (Å²) in [5.74, 6) is 0.812. The van der Waals surface area contributed by atoms with Crippen LogP contribution in [0.25, 0.3) is 0 Å². The third-order valence-corrected chi connectivity index (χ3v) is 5.50. The van der Waals surface area contributed by atoms with Gasteiger partial charge >= 0.3 is 0 Å². The molecule has 1 aliphatic rings. The molecule has 0 radical (unpaired) electrons. The Morgan fingerprint density at radius 3 is 2.65 bits per heavy atom. The fourth-order valence-corrected chi connectivity index (χ4v) is 3.95. The Kier molecular flexibility index (Phi) is 6.00. The standard InChI is InChI=1S/C16H29N3S/c1-5-8-19-9-6-15(7-10-19)13(3)18-14(4)16-17-11-12(2)20-16/h11,13-15,18H,5-10H2,1-4H3. The summed E-state index contributed by atoms with van der Waals surface area (Å²) < 4.78 is 0. The van der Waals surface area contributed by atoms with Gasteiger partial charge in [-0.05, 0) is 65.6 Å². The average Bonchev–Trinajstić information content (AvgIpc) is 2.86. The third-order valence-electron chi connectivity index (χ3n) is 4.40. The molecule has 1 aromatic rings. The Hall–Kier alpha value is -0.450. The van der Waals surface area contributed by atoms with E-state index in [1.807, 2.05) is 17.5 Å². The quantitative estimate of drug-likeness (QED) is 0.869. The van der Waals surface area contributed by atoms with E-state index in [0.717, 1.165) is 5.92 Å². The van der Waals surface area contributed by atoms with Crippen molar-refractivity contribution in [1.82, 2.24) is 15.2 Å². The van der Waals surface area contributed by atoms with Crippen LogP contribution in [0.3, 0.4) is 0 Å². The van der Waals surface area contributed by atoms with Crippen LogP contribution in [0.5, 0.6) is 0 Å². The minimum absolute atomic E-state index is 0.373. The maximum atomic E-state index is 4.50. The molecular formula is C16H29N3S. The topological polar surface area (TPSA) is 28.2 Å². The summed E-state index contributed by atoms with van der Waals surface area (Å²) in [4.78, 5) is 8.41. The van der Waals surface area contributed by atoms with Gasteiger partial charge in [-0.1, -0.05) is 6.92 Å². The van der Waals surface area contributed by atoms with Gasteiger partial charge in [0.05, 0.1) is 6.04 Å². The zero-order chi connectivity index (χ0) is 14.5. The van der Waals surface area contributed by atoms with Crippen LogP contribution in [-0.4, -0.2) is 35.6 Å². The number of piperidine rings is 1. The van der Waals surface area contributed by atoms with Crippen molar-refractivity contribution in [3.05, 3.63) is 16.1 Å². The van der Waals surface area contributed by atoms with Gasteiger partial charge in [0.25, 0.3) is 0 Å². The molecule has 2 unspecified atom stereocenters. The number of hydrogen-bond donors (Lipinski definition) is 1. The van der Waals surface area contributed by atoms with Crippen LogP contribution in [-0.2, 0) is 0 Å². The molecule has 0 aliphatic carbocycles. The van der Waals surface area contributed by atoms with Crippen molar-refractivity contribution in [3.8, 4) is 0 Å². The van der Waals surface area contributed by atoms with E-state index in [2.05, 4.69) is 42.9 Å². The summed E-state index contributed by atoms with van der Waals surface area (Å²) in [6.07, 6.45) is 5.92. The van der Waals surface area contributed by atoms with Gasteiger partial charge in [0.15, 0.2) is 0 Å². The first-order valence-corrected chi connectivity index (χ1v) is 8.82. The zero-order valence-electron chi connectivity index (χ0n) is 13.4. The van der Waals surface area contributed by atoms with Crippen LogP contribution < -0.4 is 5.32 Å². The molecule has 1 N–H and O–H groups in total. The lowest BCUT2D eigenvalue weighted by molar-refractivity contribution is 0.159. The fourth-order valence-electron chi connectivity index (χ4n) is 3.17. The van der Waals surface area contributed by atoms with Crippen molar-refractivity contribution in [2.45, 2.75) is 59.0 Å². The second-order valence-corrected chi connectivity index (χ2v) is 7.43. The first kappa shape index (κ1) is 15.9. The highest BCUT2D eigenvalue weighted by Crippen LogP contribution is 2.24. The normalized spacial score (nSPS) is 21.0. The molecule has 2 atom stereocenters. The van der Waals surface area contributed by atoms with Crippen molar-refractivity contribution in [1.29, 1.82) is 0 Å². The lowest BCUT2D eigenvalue weighted by Crippen LogP contribution is -2.42. The molecule has 1 aromatic heterocycles. The summed E-state index contributed by atoms with van der Waals surface area (Å²) in [6.45, 7) is 12.8. The van der Waals surface area contributed by atoms with Crippen LogP contribution in [0.2, 0.25) is 0 Å². The first-order chi connectivity index (χ1) is 9.60. The predicted octanol–water partition coefficient (Wildman–Crippen LogP) is 3.61. The number of nitrogens with zero attached hydrogens (tertiary/aromatic N) is 2. The van der Waals surface area contributed by atoms with E-state index < -0.39 is 0 Å². The van der Waals surface area contributed by atoms with Crippen LogP contribution in [0.4, 0.5) is 0 Å². The SMILES string of the molecule is CCCN1CCC(C(C)NC(C)c2ncc(C)s2)CC1. The van der Waals surface area contributed by atoms with Crippen molar-refractivity contribution >= 4 is 11.3 Å². The van der Waals surface area contributed by atoms with Gasteiger partial charge in [0.1, 0.15) is 5.01 Å². The molecule has 114 valence electrons. The Labute approximate surface area is 127 Å². The molecule has 3 nitrogen and oxygen atoms in total. The lowest BCUT2D eigenvalue weighted by atomic mass is 9.90. The first-order valence-electron chi connectivity index (χ1n) is 8.01. The molecule has 0 bridgehead atoms. The molecular weight excluding hydrogens is 266 g/mol. The van der Waals surface area contributed by atoms with Crippen molar-refractivity contribution < 1.29 is 0 Å². The van der Waals surface area contributed by atoms with E-state index >= 15 is 0 Å². The molecule has 0 amide bonds. The molecule has 1 saturated heterocycles. The number of hydrogen-bond acceptors (Lipinski definition) is 4. The van der Waals surface area contributed by atoms with Crippen molar-refractivity contribution in [2.75, 3.05) is 19.6 Å². The molecule has 2 rings (SSSR count). The maximum absolute atomic E-state index is 4.50. The Morgan fingerprint density at radius 1 is 1.40 bits per heavy atom. The van der Waals surface area contributed by atoms with E-state index in [9.17, 15) is 0 Å². The molecule has 2 heterocycles. The van der Waals surface area contributed by atoms with Crippen LogP contribution in [0, 0.1) is 12.8 Å². The summed E-state index contributed by atoms with van der Waals surface area (Å²) in [5, 5.41) is 4.98. The number of aromatic nitrogens is 1. The van der Waals surface area contributed by atoms with Gasteiger partial charge in [0, 0.05) is 17.1 Å². The van der Waals surface area contributed by atoms with E-state index in [1.165, 1.54) is 48.8 Å². The van der Waals surface area contributed by atoms with Gasteiger partial charge in [-0.2, -0.15) is 0 Å². The van der Waals surface area contributed by atoms with E-state index in [4.69, 9.17) is 0 Å². The number of nitrogens with one attached hydrogen (secondary N) is 1. The molecule has 1 aliphatic heterocycles. The average molecular weight is 295 g/mol. The number of rotatable bonds is 6. The largest absolute Gasteiger partial charge is 0.305 e. The second-order valence-electron chi connectivity index (χ2n) is 6.17. The highest BCUT2D eigenvalue weighted by atomic mass is 32.1. The molecule has 4 heteroatoms. The second kappa shape index (κ2) is 7.53. The predicted molar refractivity (Wildman–Crippen MR) is 87.3 cm³/mol. The van der Waals surface area contributed by atoms with Crippen molar-refractivity contribution in [3.63, 3.8) is 0 Å². The molecule has 1 fully saturated rings. The third kappa shape index (κ3) is 4.27. The minimum atomic E-state index is 0.373. The summed E-state index contributed by atoms with van der Waals surface area (Å²) >= 11 is 1.81. The van der Waals surface area contributed by atoms with E-state index in [1.54, 1.807) is 0 Å². The fraction of sp³-hybridized carbons (Fsp3) is 0.812. The van der Waals surface area contributed by atoms with Crippen molar-refractivity contribution in [2.24, 2.45) is 5.92 Å². The Morgan fingerprint density at radius 2 is 2.10 bits per heavy atom. The summed E-state index contributed by atoms with van der Waals surface area (Å²) in [6, 6.07) is 0.954. The van der Waals surface area contributed by atoms with Gasteiger partial charge in [-0.15, -0.1) is 11.3 Å². The van der Waals surface area contributed by atoms with Gasteiger partial charge in [-0.25, -0.2) is 4.98 Å². The molecule has 20 heavy (non-hydrogen) atoms. The Bertz CT molecular complexity index is 396. The highest BCUT2D eigenvalue weighted by molar-refractivity contribution is 7.11. The Balaban J connectivity index is 1.79. The van der Waals surface area contributed by atoms with Gasteiger partial charge in [0.2, 0.25) is 0 Å². The van der Waals surface area contributed by atoms with Gasteiger partial charge < -0.3 is 10.2 Å². The lowest BCUT2D eigenvalue weighted by Gasteiger charge is -2.35. The summed E-state index contributed by atoms with van der Waals surface area (Å²) in [5.41, 5.74) is 0. The zero-order valence-corrected chi connectivity index (χ0v) is 14.2. The number of likely N-dealkylation sites (tertiary alicyclic amines) is 1. The van der Waals surface area contributed by atoms with Crippen LogP contribution in [0.1, 0.15) is 56.0 Å². The smallest absolute Gasteiger partial charge is 0.109 e. The minimum Gasteiger partial charge on any atom is -0.305 e.